The Balaban J connectivity index is 1.88. The second-order valence-electron chi connectivity index (χ2n) is 6.94. The summed E-state index contributed by atoms with van der Waals surface area (Å²) < 4.78 is 0. The molecule has 1 aliphatic carbocycles. The van der Waals surface area contributed by atoms with E-state index in [-0.39, 0.29) is 17.6 Å². The van der Waals surface area contributed by atoms with Gasteiger partial charge in [-0.1, -0.05) is 25.3 Å². The zero-order valence-corrected chi connectivity index (χ0v) is 15.1. The molecule has 2 heterocycles. The predicted molar refractivity (Wildman–Crippen MR) is 98.0 cm³/mol. The van der Waals surface area contributed by atoms with Crippen LogP contribution in [0.15, 0.2) is 23.1 Å². The monoisotopic (exact) mass is 356 g/mol. The summed E-state index contributed by atoms with van der Waals surface area (Å²) in [7, 11) is 0. The molecule has 0 saturated heterocycles. The van der Waals surface area contributed by atoms with Gasteiger partial charge in [-0.15, -0.1) is 0 Å². The van der Waals surface area contributed by atoms with Crippen molar-refractivity contribution in [2.24, 2.45) is 5.92 Å². The van der Waals surface area contributed by atoms with Crippen LogP contribution in [0, 0.1) is 12.8 Å². The van der Waals surface area contributed by atoms with Crippen molar-refractivity contribution in [3.8, 4) is 17.3 Å². The number of aryl methyl sites for hydroxylation is 1. The van der Waals surface area contributed by atoms with E-state index in [1.165, 1.54) is 19.3 Å². The van der Waals surface area contributed by atoms with Crippen molar-refractivity contribution in [2.45, 2.75) is 52.0 Å². The van der Waals surface area contributed by atoms with Crippen LogP contribution in [0.25, 0.3) is 11.5 Å². The number of aromatic amines is 1. The Morgan fingerprint density at radius 1 is 1.35 bits per heavy atom. The fourth-order valence-corrected chi connectivity index (χ4v) is 3.50. The minimum absolute atomic E-state index is 0.0386. The molecule has 1 fully saturated rings. The van der Waals surface area contributed by atoms with Gasteiger partial charge in [-0.3, -0.25) is 14.6 Å². The van der Waals surface area contributed by atoms with Gasteiger partial charge in [0.15, 0.2) is 11.5 Å². The summed E-state index contributed by atoms with van der Waals surface area (Å²) >= 11 is 0. The molecule has 7 heteroatoms. The van der Waals surface area contributed by atoms with Crippen molar-refractivity contribution in [1.82, 2.24) is 20.3 Å². The van der Waals surface area contributed by atoms with Gasteiger partial charge in [0, 0.05) is 12.2 Å². The van der Waals surface area contributed by atoms with Gasteiger partial charge in [-0.25, -0.2) is 4.98 Å². The molecule has 0 spiro atoms. The van der Waals surface area contributed by atoms with Crippen LogP contribution in [0.1, 0.15) is 55.1 Å². The zero-order chi connectivity index (χ0) is 18.7. The lowest BCUT2D eigenvalue weighted by molar-refractivity contribution is 0.0911. The average molecular weight is 356 g/mol. The molecule has 0 aliphatic heterocycles. The minimum atomic E-state index is -0.754. The summed E-state index contributed by atoms with van der Waals surface area (Å²) in [5, 5.41) is 12.9. The number of carbonyl (C=O) groups excluding carboxylic acids is 1. The fourth-order valence-electron chi connectivity index (χ4n) is 3.50. The van der Waals surface area contributed by atoms with E-state index in [9.17, 15) is 14.7 Å². The Labute approximate surface area is 151 Å². The smallest absolute Gasteiger partial charge is 0.294 e. The first-order valence-corrected chi connectivity index (χ1v) is 9.03. The number of rotatable bonds is 4. The predicted octanol–water partition coefficient (Wildman–Crippen LogP) is 2.54. The average Bonchev–Trinajstić information content (AvgIpc) is 2.65. The van der Waals surface area contributed by atoms with Gasteiger partial charge in [0.2, 0.25) is 5.75 Å². The Morgan fingerprint density at radius 3 is 2.77 bits per heavy atom. The number of amides is 1. The lowest BCUT2D eigenvalue weighted by atomic mass is 9.84. The van der Waals surface area contributed by atoms with E-state index in [1.54, 1.807) is 12.3 Å². The number of carbonyl (C=O) groups is 1. The number of aromatic nitrogens is 3. The van der Waals surface area contributed by atoms with Crippen LogP contribution < -0.4 is 10.9 Å². The minimum Gasteiger partial charge on any atom is -0.501 e. The standard InChI is InChI=1S/C19H24N4O3/c1-11-7-6-10-20-14(11)17-22-15(16(24)19(26)23-17)18(25)21-12(2)13-8-4-3-5-9-13/h6-7,10,12-13,24H,3-5,8-9H2,1-2H3,(H,21,25)(H,22,23,26)/t12-/m1/s1. The molecular weight excluding hydrogens is 332 g/mol. The fraction of sp³-hybridized carbons (Fsp3) is 0.474. The van der Waals surface area contributed by atoms with Gasteiger partial charge in [-0.05, 0) is 44.2 Å². The first kappa shape index (κ1) is 18.1. The van der Waals surface area contributed by atoms with Gasteiger partial charge >= 0.3 is 0 Å². The summed E-state index contributed by atoms with van der Waals surface area (Å²) in [6.07, 6.45) is 7.31. The Morgan fingerprint density at radius 2 is 2.08 bits per heavy atom. The van der Waals surface area contributed by atoms with Crippen LogP contribution in [-0.4, -0.2) is 32.0 Å². The summed E-state index contributed by atoms with van der Waals surface area (Å²) in [5.74, 6) is -0.632. The van der Waals surface area contributed by atoms with E-state index >= 15 is 0 Å². The maximum absolute atomic E-state index is 12.6. The molecule has 3 N–H and O–H groups in total. The number of aromatic hydroxyl groups is 1. The number of nitrogens with one attached hydrogen (secondary N) is 2. The zero-order valence-electron chi connectivity index (χ0n) is 15.1. The van der Waals surface area contributed by atoms with Crippen LogP contribution in [-0.2, 0) is 0 Å². The largest absolute Gasteiger partial charge is 0.501 e. The highest BCUT2D eigenvalue weighted by atomic mass is 16.3. The molecule has 3 rings (SSSR count). The van der Waals surface area contributed by atoms with Crippen LogP contribution >= 0.6 is 0 Å². The molecule has 2 aromatic rings. The summed E-state index contributed by atoms with van der Waals surface area (Å²) in [6, 6.07) is 3.57. The lowest BCUT2D eigenvalue weighted by Crippen LogP contribution is -2.39. The van der Waals surface area contributed by atoms with Crippen LogP contribution in [0.4, 0.5) is 0 Å². The van der Waals surface area contributed by atoms with Crippen molar-refractivity contribution >= 4 is 5.91 Å². The summed E-state index contributed by atoms with van der Waals surface area (Å²) in [5.41, 5.74) is 0.259. The van der Waals surface area contributed by atoms with E-state index in [0.717, 1.165) is 18.4 Å². The molecule has 1 amide bonds. The van der Waals surface area contributed by atoms with E-state index in [4.69, 9.17) is 0 Å². The highest BCUT2D eigenvalue weighted by molar-refractivity contribution is 5.95. The summed E-state index contributed by atoms with van der Waals surface area (Å²) in [6.45, 7) is 3.79. The maximum atomic E-state index is 12.6. The topological polar surface area (TPSA) is 108 Å². The van der Waals surface area contributed by atoms with Gasteiger partial charge in [-0.2, -0.15) is 0 Å². The first-order chi connectivity index (χ1) is 12.5. The second kappa shape index (κ2) is 7.68. The molecule has 0 bridgehead atoms. The molecular formula is C19H24N4O3. The van der Waals surface area contributed by atoms with Gasteiger partial charge < -0.3 is 15.4 Å². The van der Waals surface area contributed by atoms with E-state index in [2.05, 4.69) is 20.3 Å². The number of pyridine rings is 1. The first-order valence-electron chi connectivity index (χ1n) is 9.03. The Hall–Kier alpha value is -2.70. The lowest BCUT2D eigenvalue weighted by Gasteiger charge is -2.28. The Bertz CT molecular complexity index is 856. The third-order valence-electron chi connectivity index (χ3n) is 5.06. The molecule has 0 radical (unpaired) electrons. The molecule has 2 aromatic heterocycles. The summed E-state index contributed by atoms with van der Waals surface area (Å²) in [4.78, 5) is 35.6. The quantitative estimate of drug-likeness (QED) is 0.780. The number of nitrogens with zero attached hydrogens (tertiary/aromatic N) is 2. The SMILES string of the molecule is Cc1cccnc1-c1nc(C(=O)N[C@H](C)C2CCCCC2)c(O)c(=O)[nH]1. The highest BCUT2D eigenvalue weighted by Gasteiger charge is 2.25. The van der Waals surface area contributed by atoms with Gasteiger partial charge in [0.1, 0.15) is 5.69 Å². The van der Waals surface area contributed by atoms with Crippen LogP contribution in [0.2, 0.25) is 0 Å². The third-order valence-corrected chi connectivity index (χ3v) is 5.06. The van der Waals surface area contributed by atoms with E-state index in [1.807, 2.05) is 19.9 Å². The van der Waals surface area contributed by atoms with E-state index < -0.39 is 17.2 Å². The molecule has 1 atom stereocenters. The van der Waals surface area contributed by atoms with Crippen LogP contribution in [0.3, 0.4) is 0 Å². The third kappa shape index (κ3) is 3.76. The van der Waals surface area contributed by atoms with E-state index in [0.29, 0.717) is 11.6 Å². The normalized spacial score (nSPS) is 16.2. The van der Waals surface area contributed by atoms with Crippen molar-refractivity contribution in [3.05, 3.63) is 39.9 Å². The van der Waals surface area contributed by atoms with Gasteiger partial charge in [0.25, 0.3) is 11.5 Å². The van der Waals surface area contributed by atoms with Crippen molar-refractivity contribution in [3.63, 3.8) is 0 Å². The molecule has 1 aliphatic rings. The maximum Gasteiger partial charge on any atom is 0.294 e. The Kier molecular flexibility index (Phi) is 5.35. The molecule has 138 valence electrons. The number of hydrogen-bond acceptors (Lipinski definition) is 5. The molecule has 0 unspecified atom stereocenters. The molecule has 7 nitrogen and oxygen atoms in total. The highest BCUT2D eigenvalue weighted by Crippen LogP contribution is 2.26. The van der Waals surface area contributed by atoms with Crippen LogP contribution in [0.5, 0.6) is 5.75 Å². The van der Waals surface area contributed by atoms with Crippen molar-refractivity contribution in [1.29, 1.82) is 0 Å². The number of hydrogen-bond donors (Lipinski definition) is 3. The van der Waals surface area contributed by atoms with Crippen molar-refractivity contribution in [2.75, 3.05) is 0 Å². The molecule has 0 aromatic carbocycles. The molecule has 1 saturated carbocycles. The second-order valence-corrected chi connectivity index (χ2v) is 6.94. The molecule has 26 heavy (non-hydrogen) atoms. The van der Waals surface area contributed by atoms with Gasteiger partial charge in [0.05, 0.1) is 0 Å². The van der Waals surface area contributed by atoms with Crippen molar-refractivity contribution < 1.29 is 9.90 Å². The number of H-pyrrole nitrogens is 1.